The highest BCUT2D eigenvalue weighted by Crippen LogP contribution is 2.07. The number of rotatable bonds is 4. The summed E-state index contributed by atoms with van der Waals surface area (Å²) in [6, 6.07) is 0. The van der Waals surface area contributed by atoms with Gasteiger partial charge in [0, 0.05) is 38.4 Å². The summed E-state index contributed by atoms with van der Waals surface area (Å²) < 4.78 is 4.06. The second-order valence-electron chi connectivity index (χ2n) is 3.36. The Bertz CT molecular complexity index is 428. The summed E-state index contributed by atoms with van der Waals surface area (Å²) in [5.74, 6) is 1.91. The maximum atomic E-state index is 4.28. The van der Waals surface area contributed by atoms with E-state index in [1.54, 1.807) is 12.4 Å². The number of hydrogen-bond acceptors (Lipinski definition) is 3. The molecule has 2 aromatic heterocycles. The van der Waals surface area contributed by atoms with Gasteiger partial charge in [0.15, 0.2) is 0 Å². The van der Waals surface area contributed by atoms with Crippen LogP contribution in [0.2, 0.25) is 0 Å². The number of anilines is 1. The Hall–Kier alpha value is -1.78. The van der Waals surface area contributed by atoms with Crippen LogP contribution in [0.3, 0.4) is 0 Å². The molecule has 2 heterocycles. The Balaban J connectivity index is 2.17. The zero-order valence-electron chi connectivity index (χ0n) is 9.01. The molecule has 0 aliphatic rings. The van der Waals surface area contributed by atoms with Gasteiger partial charge in [0.25, 0.3) is 0 Å². The zero-order valence-corrected chi connectivity index (χ0v) is 9.01. The Morgan fingerprint density at radius 1 is 1.27 bits per heavy atom. The number of hydrogen-bond donors (Lipinski definition) is 1. The van der Waals surface area contributed by atoms with Crippen LogP contribution in [-0.4, -0.2) is 25.6 Å². The highest BCUT2D eigenvalue weighted by Gasteiger charge is 2.04. The lowest BCUT2D eigenvalue weighted by atomic mass is 10.5. The molecule has 2 aromatic rings. The quantitative estimate of drug-likeness (QED) is 0.813. The van der Waals surface area contributed by atoms with Gasteiger partial charge in [-0.15, -0.1) is 0 Å². The molecule has 0 unspecified atom stereocenters. The molecule has 5 heteroatoms. The summed E-state index contributed by atoms with van der Waals surface area (Å²) in [4.78, 5) is 8.51. The summed E-state index contributed by atoms with van der Waals surface area (Å²) in [6.07, 6.45) is 7.49. The normalized spacial score (nSPS) is 10.5. The molecule has 0 bridgehead atoms. The van der Waals surface area contributed by atoms with E-state index >= 15 is 0 Å². The van der Waals surface area contributed by atoms with Crippen LogP contribution < -0.4 is 5.32 Å². The molecular weight excluding hydrogens is 190 g/mol. The monoisotopic (exact) mass is 205 g/mol. The average Bonchev–Trinajstić information content (AvgIpc) is 2.80. The van der Waals surface area contributed by atoms with Crippen molar-refractivity contribution in [3.8, 4) is 0 Å². The number of imidazole rings is 2. The van der Waals surface area contributed by atoms with Crippen LogP contribution in [0, 0.1) is 0 Å². The Morgan fingerprint density at radius 2 is 2.07 bits per heavy atom. The lowest BCUT2D eigenvalue weighted by Gasteiger charge is -2.07. The van der Waals surface area contributed by atoms with Crippen LogP contribution in [0.4, 0.5) is 5.95 Å². The van der Waals surface area contributed by atoms with Crippen molar-refractivity contribution in [3.05, 3.63) is 30.6 Å². The minimum atomic E-state index is 0.742. The lowest BCUT2D eigenvalue weighted by Crippen LogP contribution is -2.10. The maximum Gasteiger partial charge on any atom is 0.203 e. The molecule has 0 aromatic carbocycles. The molecule has 0 radical (unpaired) electrons. The molecule has 1 N–H and O–H groups in total. The molecule has 0 fully saturated rings. The minimum Gasteiger partial charge on any atom is -0.356 e. The topological polar surface area (TPSA) is 47.7 Å². The van der Waals surface area contributed by atoms with Crippen LogP contribution in [0.25, 0.3) is 0 Å². The number of nitrogens with zero attached hydrogens (tertiary/aromatic N) is 4. The molecule has 0 atom stereocenters. The number of aryl methyl sites for hydroxylation is 1. The summed E-state index contributed by atoms with van der Waals surface area (Å²) in [7, 11) is 1.99. The fourth-order valence-corrected chi connectivity index (χ4v) is 1.46. The molecule has 0 spiro atoms. The largest absolute Gasteiger partial charge is 0.356 e. The van der Waals surface area contributed by atoms with Crippen molar-refractivity contribution in [2.75, 3.05) is 11.9 Å². The molecule has 5 nitrogen and oxygen atoms in total. The molecule has 0 saturated carbocycles. The Morgan fingerprint density at radius 3 is 2.73 bits per heavy atom. The third-order valence-corrected chi connectivity index (χ3v) is 2.28. The molecule has 0 amide bonds. The van der Waals surface area contributed by atoms with Gasteiger partial charge >= 0.3 is 0 Å². The molecule has 2 rings (SSSR count). The number of aromatic nitrogens is 4. The summed E-state index contributed by atoms with van der Waals surface area (Å²) in [6.45, 7) is 3.67. The van der Waals surface area contributed by atoms with Gasteiger partial charge in [-0.1, -0.05) is 0 Å². The van der Waals surface area contributed by atoms with Crippen LogP contribution >= 0.6 is 0 Å². The predicted octanol–water partition coefficient (Wildman–Crippen LogP) is 1.10. The second kappa shape index (κ2) is 4.16. The van der Waals surface area contributed by atoms with Crippen molar-refractivity contribution in [1.29, 1.82) is 0 Å². The first-order valence-electron chi connectivity index (χ1n) is 5.02. The van der Waals surface area contributed by atoms with Gasteiger partial charge in [-0.25, -0.2) is 9.97 Å². The van der Waals surface area contributed by atoms with Crippen LogP contribution in [0.5, 0.6) is 0 Å². The van der Waals surface area contributed by atoms with E-state index in [-0.39, 0.29) is 0 Å². The second-order valence-corrected chi connectivity index (χ2v) is 3.36. The molecule has 0 saturated heterocycles. The average molecular weight is 205 g/mol. The van der Waals surface area contributed by atoms with Crippen molar-refractivity contribution in [1.82, 2.24) is 19.1 Å². The van der Waals surface area contributed by atoms with E-state index in [4.69, 9.17) is 0 Å². The van der Waals surface area contributed by atoms with Gasteiger partial charge < -0.3 is 14.5 Å². The fourth-order valence-electron chi connectivity index (χ4n) is 1.46. The summed E-state index contributed by atoms with van der Waals surface area (Å²) in [5, 5.41) is 3.20. The summed E-state index contributed by atoms with van der Waals surface area (Å²) >= 11 is 0. The Labute approximate surface area is 88.8 Å². The molecular formula is C10H15N5. The van der Waals surface area contributed by atoms with Gasteiger partial charge in [-0.3, -0.25) is 0 Å². The maximum absolute atomic E-state index is 4.28. The van der Waals surface area contributed by atoms with Gasteiger partial charge in [0.2, 0.25) is 5.95 Å². The van der Waals surface area contributed by atoms with E-state index in [1.807, 2.05) is 28.6 Å². The first-order chi connectivity index (χ1) is 7.31. The van der Waals surface area contributed by atoms with Crippen LogP contribution in [-0.2, 0) is 13.6 Å². The Kier molecular flexibility index (Phi) is 2.71. The van der Waals surface area contributed by atoms with E-state index in [0.717, 1.165) is 24.9 Å². The minimum absolute atomic E-state index is 0.742. The number of nitrogens with one attached hydrogen (secondary N) is 1. The molecule has 0 aliphatic heterocycles. The third-order valence-electron chi connectivity index (χ3n) is 2.28. The van der Waals surface area contributed by atoms with Crippen molar-refractivity contribution in [2.24, 2.45) is 7.05 Å². The zero-order chi connectivity index (χ0) is 10.7. The van der Waals surface area contributed by atoms with Crippen molar-refractivity contribution in [2.45, 2.75) is 13.5 Å². The SMILES string of the molecule is CCNc1nccn1Cc1nccn1C. The van der Waals surface area contributed by atoms with E-state index in [2.05, 4.69) is 22.2 Å². The van der Waals surface area contributed by atoms with Crippen LogP contribution in [0.1, 0.15) is 12.7 Å². The van der Waals surface area contributed by atoms with E-state index in [9.17, 15) is 0 Å². The van der Waals surface area contributed by atoms with Gasteiger partial charge in [-0.2, -0.15) is 0 Å². The van der Waals surface area contributed by atoms with E-state index < -0.39 is 0 Å². The smallest absolute Gasteiger partial charge is 0.203 e. The lowest BCUT2D eigenvalue weighted by molar-refractivity contribution is 0.702. The standard InChI is InChI=1S/C10H15N5/c1-3-11-10-13-5-7-15(10)8-9-12-4-6-14(9)2/h4-7H,3,8H2,1-2H3,(H,11,13). The van der Waals surface area contributed by atoms with Crippen molar-refractivity contribution >= 4 is 5.95 Å². The van der Waals surface area contributed by atoms with E-state index in [0.29, 0.717) is 0 Å². The van der Waals surface area contributed by atoms with Gasteiger partial charge in [0.1, 0.15) is 5.82 Å². The highest BCUT2D eigenvalue weighted by atomic mass is 15.2. The summed E-state index contributed by atoms with van der Waals surface area (Å²) in [5.41, 5.74) is 0. The van der Waals surface area contributed by atoms with Crippen LogP contribution in [0.15, 0.2) is 24.8 Å². The molecule has 0 aliphatic carbocycles. The van der Waals surface area contributed by atoms with E-state index in [1.165, 1.54) is 0 Å². The van der Waals surface area contributed by atoms with Crippen molar-refractivity contribution < 1.29 is 0 Å². The molecule has 80 valence electrons. The molecule has 15 heavy (non-hydrogen) atoms. The highest BCUT2D eigenvalue weighted by molar-refractivity contribution is 5.26. The first-order valence-corrected chi connectivity index (χ1v) is 5.02. The predicted molar refractivity (Wildman–Crippen MR) is 58.7 cm³/mol. The third kappa shape index (κ3) is 2.01. The fraction of sp³-hybridized carbons (Fsp3) is 0.400. The first kappa shape index (κ1) is 9.76. The van der Waals surface area contributed by atoms with Crippen molar-refractivity contribution in [3.63, 3.8) is 0 Å². The van der Waals surface area contributed by atoms with Gasteiger partial charge in [-0.05, 0) is 6.92 Å². The van der Waals surface area contributed by atoms with Gasteiger partial charge in [0.05, 0.1) is 6.54 Å².